The predicted molar refractivity (Wildman–Crippen MR) is 85.8 cm³/mol. The van der Waals surface area contributed by atoms with E-state index in [0.29, 0.717) is 12.8 Å². The van der Waals surface area contributed by atoms with Gasteiger partial charge in [-0.1, -0.05) is 13.8 Å². The van der Waals surface area contributed by atoms with Crippen molar-refractivity contribution >= 4 is 23.2 Å². The van der Waals surface area contributed by atoms with Gasteiger partial charge in [-0.25, -0.2) is 4.79 Å². The molecule has 0 unspecified atom stereocenters. The number of carbonyl (C=O) groups is 2. The summed E-state index contributed by atoms with van der Waals surface area (Å²) in [7, 11) is 0. The molecule has 0 aliphatic heterocycles. The number of amides is 1. The van der Waals surface area contributed by atoms with Crippen LogP contribution in [0.2, 0.25) is 0 Å². The molecule has 1 rings (SSSR count). The van der Waals surface area contributed by atoms with Crippen LogP contribution in [-0.4, -0.2) is 23.0 Å². The molecular formula is C16H25NO3S. The lowest BCUT2D eigenvalue weighted by Gasteiger charge is -2.16. The second kappa shape index (κ2) is 8.17. The number of carboxylic acids is 1. The van der Waals surface area contributed by atoms with Gasteiger partial charge in [0.2, 0.25) is 5.91 Å². The van der Waals surface area contributed by atoms with E-state index in [1.165, 1.54) is 15.3 Å². The number of thiophene rings is 1. The normalized spacial score (nSPS) is 12.4. The molecule has 0 aliphatic carbocycles. The van der Waals surface area contributed by atoms with E-state index in [0.717, 1.165) is 12.8 Å². The quantitative estimate of drug-likeness (QED) is 0.774. The standard InChI is InChI=1S/C16H25NO3S/c1-10(2)8-14(16(19)20)17-15(18)7-5-6-13-9-11(3)21-12(13)4/h9-10,14H,5-8H2,1-4H3,(H,17,18)(H,19,20)/t14-/m0/s1. The first-order valence-corrected chi connectivity index (χ1v) is 8.19. The van der Waals surface area contributed by atoms with Gasteiger partial charge in [0.15, 0.2) is 0 Å². The SMILES string of the molecule is Cc1cc(CCCC(=O)N[C@@H](CC(C)C)C(=O)O)c(C)s1. The number of carboxylic acid groups (broad SMARTS) is 1. The Bertz CT molecular complexity index is 494. The molecule has 0 aromatic carbocycles. The van der Waals surface area contributed by atoms with Crippen molar-refractivity contribution in [3.8, 4) is 0 Å². The van der Waals surface area contributed by atoms with Crippen LogP contribution < -0.4 is 5.32 Å². The zero-order valence-electron chi connectivity index (χ0n) is 13.2. The van der Waals surface area contributed by atoms with Crippen LogP contribution in [0.1, 0.15) is 48.4 Å². The van der Waals surface area contributed by atoms with E-state index in [-0.39, 0.29) is 11.8 Å². The van der Waals surface area contributed by atoms with Crippen molar-refractivity contribution in [3.05, 3.63) is 21.4 Å². The molecule has 1 amide bonds. The van der Waals surface area contributed by atoms with Crippen LogP contribution in [0.25, 0.3) is 0 Å². The van der Waals surface area contributed by atoms with E-state index >= 15 is 0 Å². The fourth-order valence-electron chi connectivity index (χ4n) is 2.33. The topological polar surface area (TPSA) is 66.4 Å². The lowest BCUT2D eigenvalue weighted by Crippen LogP contribution is -2.41. The highest BCUT2D eigenvalue weighted by molar-refractivity contribution is 7.12. The van der Waals surface area contributed by atoms with Gasteiger partial charge >= 0.3 is 5.97 Å². The average molecular weight is 311 g/mol. The largest absolute Gasteiger partial charge is 0.480 e. The van der Waals surface area contributed by atoms with Gasteiger partial charge in [0.05, 0.1) is 0 Å². The molecule has 0 bridgehead atoms. The van der Waals surface area contributed by atoms with Crippen LogP contribution in [-0.2, 0) is 16.0 Å². The number of hydrogen-bond donors (Lipinski definition) is 2. The summed E-state index contributed by atoms with van der Waals surface area (Å²) < 4.78 is 0. The van der Waals surface area contributed by atoms with Crippen molar-refractivity contribution in [2.75, 3.05) is 0 Å². The maximum Gasteiger partial charge on any atom is 0.326 e. The van der Waals surface area contributed by atoms with Crippen molar-refractivity contribution in [1.82, 2.24) is 5.32 Å². The summed E-state index contributed by atoms with van der Waals surface area (Å²) in [5.41, 5.74) is 1.29. The van der Waals surface area contributed by atoms with Crippen molar-refractivity contribution in [1.29, 1.82) is 0 Å². The molecule has 1 aromatic heterocycles. The molecule has 0 saturated carbocycles. The number of nitrogens with one attached hydrogen (secondary N) is 1. The summed E-state index contributed by atoms with van der Waals surface area (Å²) >= 11 is 1.77. The molecule has 1 atom stereocenters. The van der Waals surface area contributed by atoms with Crippen molar-refractivity contribution in [2.24, 2.45) is 5.92 Å². The minimum absolute atomic E-state index is 0.173. The van der Waals surface area contributed by atoms with Gasteiger partial charge in [0.25, 0.3) is 0 Å². The Labute approximate surface area is 130 Å². The van der Waals surface area contributed by atoms with Crippen LogP contribution >= 0.6 is 11.3 Å². The third-order valence-corrected chi connectivity index (χ3v) is 4.34. The highest BCUT2D eigenvalue weighted by Gasteiger charge is 2.20. The van der Waals surface area contributed by atoms with E-state index in [9.17, 15) is 9.59 Å². The Morgan fingerprint density at radius 1 is 1.33 bits per heavy atom. The first-order valence-electron chi connectivity index (χ1n) is 7.37. The Kier molecular flexibility index (Phi) is 6.89. The number of aliphatic carboxylic acids is 1. The molecule has 0 radical (unpaired) electrons. The van der Waals surface area contributed by atoms with Gasteiger partial charge in [-0.05, 0) is 50.7 Å². The van der Waals surface area contributed by atoms with E-state index in [4.69, 9.17) is 5.11 Å². The minimum Gasteiger partial charge on any atom is -0.480 e. The second-order valence-corrected chi connectivity index (χ2v) is 7.34. The van der Waals surface area contributed by atoms with E-state index in [1.807, 2.05) is 13.8 Å². The molecule has 0 fully saturated rings. The molecule has 118 valence electrons. The van der Waals surface area contributed by atoms with Gasteiger partial charge in [0, 0.05) is 16.2 Å². The summed E-state index contributed by atoms with van der Waals surface area (Å²) in [6, 6.07) is 1.39. The van der Waals surface area contributed by atoms with E-state index in [1.54, 1.807) is 11.3 Å². The lowest BCUT2D eigenvalue weighted by atomic mass is 10.0. The molecule has 4 nitrogen and oxygen atoms in total. The summed E-state index contributed by atoms with van der Waals surface area (Å²) in [4.78, 5) is 25.5. The van der Waals surface area contributed by atoms with Crippen LogP contribution in [0.5, 0.6) is 0 Å². The molecule has 0 spiro atoms. The number of carbonyl (C=O) groups excluding carboxylic acids is 1. The maximum atomic E-state index is 11.8. The van der Waals surface area contributed by atoms with Crippen molar-refractivity contribution in [2.45, 2.75) is 59.4 Å². The van der Waals surface area contributed by atoms with Gasteiger partial charge < -0.3 is 10.4 Å². The molecule has 0 saturated heterocycles. The van der Waals surface area contributed by atoms with Crippen LogP contribution in [0.15, 0.2) is 6.07 Å². The minimum atomic E-state index is -0.957. The molecule has 1 aromatic rings. The first kappa shape index (κ1) is 17.7. The predicted octanol–water partition coefficient (Wildman–Crippen LogP) is 3.30. The molecule has 5 heteroatoms. The Morgan fingerprint density at radius 3 is 2.48 bits per heavy atom. The average Bonchev–Trinajstić information content (AvgIpc) is 2.66. The van der Waals surface area contributed by atoms with Gasteiger partial charge in [-0.3, -0.25) is 4.79 Å². The smallest absolute Gasteiger partial charge is 0.326 e. The Morgan fingerprint density at radius 2 is 2.00 bits per heavy atom. The monoisotopic (exact) mass is 311 g/mol. The maximum absolute atomic E-state index is 11.8. The lowest BCUT2D eigenvalue weighted by molar-refractivity contribution is -0.142. The zero-order chi connectivity index (χ0) is 16.0. The Hall–Kier alpha value is -1.36. The van der Waals surface area contributed by atoms with Crippen LogP contribution in [0, 0.1) is 19.8 Å². The summed E-state index contributed by atoms with van der Waals surface area (Å²) in [6.45, 7) is 8.07. The third kappa shape index (κ3) is 6.29. The highest BCUT2D eigenvalue weighted by Crippen LogP contribution is 2.22. The second-order valence-electron chi connectivity index (χ2n) is 5.88. The first-order chi connectivity index (χ1) is 9.79. The van der Waals surface area contributed by atoms with Gasteiger partial charge in [-0.2, -0.15) is 0 Å². The number of aryl methyl sites for hydroxylation is 3. The molecule has 0 aliphatic rings. The Balaban J connectivity index is 2.39. The number of rotatable bonds is 8. The van der Waals surface area contributed by atoms with Crippen molar-refractivity contribution in [3.63, 3.8) is 0 Å². The fraction of sp³-hybridized carbons (Fsp3) is 0.625. The summed E-state index contributed by atoms with van der Waals surface area (Å²) in [6.07, 6.45) is 2.45. The van der Waals surface area contributed by atoms with Gasteiger partial charge in [0.1, 0.15) is 6.04 Å². The van der Waals surface area contributed by atoms with Crippen LogP contribution in [0.4, 0.5) is 0 Å². The molecular weight excluding hydrogens is 286 g/mol. The molecule has 2 N–H and O–H groups in total. The summed E-state index contributed by atoms with van der Waals surface area (Å²) in [5, 5.41) is 11.7. The third-order valence-electron chi connectivity index (χ3n) is 3.33. The zero-order valence-corrected chi connectivity index (χ0v) is 14.0. The van der Waals surface area contributed by atoms with Gasteiger partial charge in [-0.15, -0.1) is 11.3 Å². The fourth-order valence-corrected chi connectivity index (χ4v) is 3.31. The van der Waals surface area contributed by atoms with Crippen LogP contribution in [0.3, 0.4) is 0 Å². The van der Waals surface area contributed by atoms with E-state index in [2.05, 4.69) is 25.2 Å². The highest BCUT2D eigenvalue weighted by atomic mass is 32.1. The van der Waals surface area contributed by atoms with Crippen molar-refractivity contribution < 1.29 is 14.7 Å². The number of hydrogen-bond acceptors (Lipinski definition) is 3. The molecule has 1 heterocycles. The van der Waals surface area contributed by atoms with E-state index < -0.39 is 12.0 Å². The molecule has 21 heavy (non-hydrogen) atoms. The summed E-state index contributed by atoms with van der Waals surface area (Å²) in [5.74, 6) is -0.892.